The summed E-state index contributed by atoms with van der Waals surface area (Å²) in [6.07, 6.45) is 7.07. The van der Waals surface area contributed by atoms with E-state index in [9.17, 15) is 4.79 Å². The molecule has 0 radical (unpaired) electrons. The molecule has 2 N–H and O–H groups in total. The molecule has 1 atom stereocenters. The molecule has 20 heavy (non-hydrogen) atoms. The minimum atomic E-state index is 0.00334. The highest BCUT2D eigenvalue weighted by Gasteiger charge is 2.23. The van der Waals surface area contributed by atoms with Gasteiger partial charge in [-0.1, -0.05) is 37.5 Å². The number of fused-ring (bicyclic) bond motifs is 1. The quantitative estimate of drug-likeness (QED) is 0.868. The van der Waals surface area contributed by atoms with Gasteiger partial charge >= 0.3 is 6.03 Å². The van der Waals surface area contributed by atoms with Gasteiger partial charge in [0.05, 0.1) is 6.04 Å². The largest absolute Gasteiger partial charge is 0.335 e. The van der Waals surface area contributed by atoms with Crippen LogP contribution in [0.3, 0.4) is 0 Å². The molecule has 3 rings (SSSR count). The lowest BCUT2D eigenvalue weighted by molar-refractivity contribution is 0.228. The van der Waals surface area contributed by atoms with Crippen LogP contribution >= 0.6 is 11.8 Å². The highest BCUT2D eigenvalue weighted by Crippen LogP contribution is 2.35. The fraction of sp³-hybridized carbons (Fsp3) is 0.562. The van der Waals surface area contributed by atoms with Crippen molar-refractivity contribution in [3.8, 4) is 0 Å². The van der Waals surface area contributed by atoms with E-state index in [1.165, 1.54) is 29.7 Å². The Labute approximate surface area is 124 Å². The molecule has 1 aliphatic carbocycles. The molecule has 1 aromatic rings. The highest BCUT2D eigenvalue weighted by molar-refractivity contribution is 7.99. The number of urea groups is 1. The second-order valence-electron chi connectivity index (χ2n) is 5.68. The lowest BCUT2D eigenvalue weighted by Gasteiger charge is -2.28. The molecule has 0 aromatic heterocycles. The van der Waals surface area contributed by atoms with E-state index in [2.05, 4.69) is 34.9 Å². The van der Waals surface area contributed by atoms with Gasteiger partial charge < -0.3 is 10.6 Å². The molecular formula is C16H22N2OS. The summed E-state index contributed by atoms with van der Waals surface area (Å²) in [7, 11) is 0. The number of hydrogen-bond donors (Lipinski definition) is 2. The van der Waals surface area contributed by atoms with Crippen LogP contribution in [0.4, 0.5) is 4.79 Å². The van der Waals surface area contributed by atoms with Gasteiger partial charge in [-0.3, -0.25) is 0 Å². The second kappa shape index (κ2) is 6.53. The summed E-state index contributed by atoms with van der Waals surface area (Å²) in [4.78, 5) is 13.5. The zero-order chi connectivity index (χ0) is 13.8. The maximum atomic E-state index is 12.2. The van der Waals surface area contributed by atoms with E-state index in [0.717, 1.165) is 25.0 Å². The van der Waals surface area contributed by atoms with E-state index in [0.29, 0.717) is 6.04 Å². The van der Waals surface area contributed by atoms with Crippen molar-refractivity contribution in [3.05, 3.63) is 29.8 Å². The summed E-state index contributed by atoms with van der Waals surface area (Å²) in [6.45, 7) is 0. The Morgan fingerprint density at radius 2 is 1.85 bits per heavy atom. The van der Waals surface area contributed by atoms with E-state index in [-0.39, 0.29) is 12.1 Å². The van der Waals surface area contributed by atoms with Crippen molar-refractivity contribution in [2.24, 2.45) is 0 Å². The number of carbonyl (C=O) groups is 1. The third-order valence-corrected chi connectivity index (χ3v) is 5.33. The Morgan fingerprint density at radius 3 is 2.70 bits per heavy atom. The first-order valence-corrected chi connectivity index (χ1v) is 8.60. The van der Waals surface area contributed by atoms with Gasteiger partial charge in [0.15, 0.2) is 0 Å². The SMILES string of the molecule is O=C(NC1CCCCC1)NC1CCSc2ccccc21. The average Bonchev–Trinajstić information content (AvgIpc) is 2.48. The van der Waals surface area contributed by atoms with Crippen LogP contribution in [0.5, 0.6) is 0 Å². The molecule has 0 bridgehead atoms. The van der Waals surface area contributed by atoms with Crippen LogP contribution in [0.1, 0.15) is 50.1 Å². The molecule has 1 aliphatic heterocycles. The van der Waals surface area contributed by atoms with Gasteiger partial charge in [0.2, 0.25) is 0 Å². The fourth-order valence-corrected chi connectivity index (χ4v) is 4.25. The third kappa shape index (κ3) is 3.29. The van der Waals surface area contributed by atoms with Crippen LogP contribution in [0.25, 0.3) is 0 Å². The first kappa shape index (κ1) is 13.8. The van der Waals surface area contributed by atoms with E-state index >= 15 is 0 Å². The minimum Gasteiger partial charge on any atom is -0.335 e. The van der Waals surface area contributed by atoms with Gasteiger partial charge in [-0.25, -0.2) is 4.79 Å². The first-order valence-electron chi connectivity index (χ1n) is 7.62. The molecule has 1 saturated carbocycles. The van der Waals surface area contributed by atoms with Crippen molar-refractivity contribution in [1.82, 2.24) is 10.6 Å². The number of rotatable bonds is 2. The Bertz CT molecular complexity index is 471. The molecule has 1 unspecified atom stereocenters. The maximum absolute atomic E-state index is 12.2. The van der Waals surface area contributed by atoms with Gasteiger partial charge in [-0.05, 0) is 30.9 Å². The standard InChI is InChI=1S/C16H22N2OS/c19-16(17-12-6-2-1-3-7-12)18-14-10-11-20-15-9-5-4-8-13(14)15/h4-5,8-9,12,14H,1-3,6-7,10-11H2,(H2,17,18,19). The van der Waals surface area contributed by atoms with Crippen molar-refractivity contribution >= 4 is 17.8 Å². The second-order valence-corrected chi connectivity index (χ2v) is 6.82. The zero-order valence-electron chi connectivity index (χ0n) is 11.7. The lowest BCUT2D eigenvalue weighted by Crippen LogP contribution is -2.44. The molecule has 0 saturated heterocycles. The summed E-state index contributed by atoms with van der Waals surface area (Å²) < 4.78 is 0. The predicted octanol–water partition coefficient (Wildman–Crippen LogP) is 3.86. The van der Waals surface area contributed by atoms with Gasteiger partial charge in [-0.15, -0.1) is 11.8 Å². The van der Waals surface area contributed by atoms with Crippen LogP contribution in [-0.4, -0.2) is 17.8 Å². The number of thioether (sulfide) groups is 1. The Hall–Kier alpha value is -1.16. The molecule has 1 heterocycles. The average molecular weight is 290 g/mol. The number of amides is 2. The normalized spacial score (nSPS) is 22.9. The van der Waals surface area contributed by atoms with Crippen LogP contribution < -0.4 is 10.6 Å². The summed E-state index contributed by atoms with van der Waals surface area (Å²) >= 11 is 1.88. The van der Waals surface area contributed by atoms with Crippen molar-refractivity contribution in [3.63, 3.8) is 0 Å². The van der Waals surface area contributed by atoms with Crippen molar-refractivity contribution in [2.75, 3.05) is 5.75 Å². The minimum absolute atomic E-state index is 0.00334. The van der Waals surface area contributed by atoms with Gasteiger partial charge in [0, 0.05) is 16.7 Å². The van der Waals surface area contributed by atoms with E-state index in [1.807, 2.05) is 11.8 Å². The summed E-state index contributed by atoms with van der Waals surface area (Å²) in [5.74, 6) is 1.07. The topological polar surface area (TPSA) is 41.1 Å². The lowest BCUT2D eigenvalue weighted by atomic mass is 9.96. The molecule has 108 valence electrons. The number of nitrogens with one attached hydrogen (secondary N) is 2. The number of carbonyl (C=O) groups excluding carboxylic acids is 1. The van der Waals surface area contributed by atoms with Gasteiger partial charge in [-0.2, -0.15) is 0 Å². The fourth-order valence-electron chi connectivity index (χ4n) is 3.12. The smallest absolute Gasteiger partial charge is 0.315 e. The summed E-state index contributed by atoms with van der Waals surface area (Å²) in [5, 5.41) is 6.30. The van der Waals surface area contributed by atoms with Gasteiger partial charge in [0.1, 0.15) is 0 Å². The van der Waals surface area contributed by atoms with Crippen molar-refractivity contribution in [2.45, 2.75) is 55.5 Å². The van der Waals surface area contributed by atoms with Crippen LogP contribution in [0, 0.1) is 0 Å². The Balaban J connectivity index is 1.59. The van der Waals surface area contributed by atoms with Crippen LogP contribution in [-0.2, 0) is 0 Å². The third-order valence-electron chi connectivity index (χ3n) is 4.20. The van der Waals surface area contributed by atoms with Crippen LogP contribution in [0.15, 0.2) is 29.2 Å². The van der Waals surface area contributed by atoms with Crippen molar-refractivity contribution < 1.29 is 4.79 Å². The van der Waals surface area contributed by atoms with E-state index in [4.69, 9.17) is 0 Å². The maximum Gasteiger partial charge on any atom is 0.315 e. The van der Waals surface area contributed by atoms with Crippen LogP contribution in [0.2, 0.25) is 0 Å². The predicted molar refractivity (Wildman–Crippen MR) is 83.1 cm³/mol. The molecule has 2 aliphatic rings. The molecule has 0 spiro atoms. The Kier molecular flexibility index (Phi) is 4.51. The van der Waals surface area contributed by atoms with E-state index < -0.39 is 0 Å². The Morgan fingerprint density at radius 1 is 1.05 bits per heavy atom. The molecule has 1 aromatic carbocycles. The first-order chi connectivity index (χ1) is 9.83. The summed E-state index contributed by atoms with van der Waals surface area (Å²) in [5.41, 5.74) is 1.27. The van der Waals surface area contributed by atoms with Crippen molar-refractivity contribution in [1.29, 1.82) is 0 Å². The molecule has 4 heteroatoms. The zero-order valence-corrected chi connectivity index (χ0v) is 12.5. The molecule has 3 nitrogen and oxygen atoms in total. The number of hydrogen-bond acceptors (Lipinski definition) is 2. The highest BCUT2D eigenvalue weighted by atomic mass is 32.2. The molecule has 2 amide bonds. The van der Waals surface area contributed by atoms with E-state index in [1.54, 1.807) is 0 Å². The number of benzene rings is 1. The molecular weight excluding hydrogens is 268 g/mol. The monoisotopic (exact) mass is 290 g/mol. The molecule has 1 fully saturated rings. The van der Waals surface area contributed by atoms with Gasteiger partial charge in [0.25, 0.3) is 0 Å². The summed E-state index contributed by atoms with van der Waals surface area (Å²) in [6, 6.07) is 8.94.